The van der Waals surface area contributed by atoms with Gasteiger partial charge in [0.15, 0.2) is 0 Å². The second-order valence-electron chi connectivity index (χ2n) is 2.37. The first-order chi connectivity index (χ1) is 6.49. The third-order valence-electron chi connectivity index (χ3n) is 1.43. The van der Waals surface area contributed by atoms with E-state index in [0.29, 0.717) is 0 Å². The highest BCUT2D eigenvalue weighted by Crippen LogP contribution is 2.43. The first-order valence-corrected chi connectivity index (χ1v) is 5.03. The number of phenols is 1. The molecule has 2 rings (SSSR count). The Morgan fingerprint density at radius 2 is 2.07 bits per heavy atom. The molecule has 0 saturated heterocycles. The second-order valence-corrected chi connectivity index (χ2v) is 3.87. The maximum atomic E-state index is 10.8. The van der Waals surface area contributed by atoms with Crippen molar-refractivity contribution < 1.29 is 26.9 Å². The van der Waals surface area contributed by atoms with E-state index in [1.54, 1.807) is 0 Å². The summed E-state index contributed by atoms with van der Waals surface area (Å²) >= 11 is 5.56. The molecule has 1 aromatic rings. The lowest BCUT2D eigenvalue weighted by Gasteiger charge is -2.16. The van der Waals surface area contributed by atoms with Gasteiger partial charge in [-0.15, -0.1) is 0 Å². The molecular weight excluding hydrogens is 236 g/mol. The predicted molar refractivity (Wildman–Crippen MR) is 44.4 cm³/mol. The van der Waals surface area contributed by atoms with Crippen molar-refractivity contribution in [2.24, 2.45) is 0 Å². The van der Waals surface area contributed by atoms with Crippen LogP contribution in [0.3, 0.4) is 0 Å². The zero-order valence-electron chi connectivity index (χ0n) is 6.43. The lowest BCUT2D eigenvalue weighted by Crippen LogP contribution is -2.20. The summed E-state index contributed by atoms with van der Waals surface area (Å²) in [6.45, 7) is 0. The average Bonchev–Trinajstić information content (AvgIpc) is 2.11. The molecule has 0 atom stereocenters. The molecule has 0 aliphatic carbocycles. The van der Waals surface area contributed by atoms with Crippen LogP contribution in [0.25, 0.3) is 0 Å². The number of rotatable bonds is 0. The molecule has 1 N–H and O–H groups in total. The maximum absolute atomic E-state index is 10.8. The normalized spacial score (nSPS) is 17.8. The molecule has 8 heteroatoms. The summed E-state index contributed by atoms with van der Waals surface area (Å²) in [5, 5.41) is 8.89. The Labute approximate surface area is 83.8 Å². The molecule has 1 aliphatic rings. The van der Waals surface area contributed by atoms with Gasteiger partial charge in [0.1, 0.15) is 10.8 Å². The van der Waals surface area contributed by atoms with Gasteiger partial charge >= 0.3 is 10.4 Å². The minimum atomic E-state index is -4.25. The minimum absolute atomic E-state index is 0.0253. The van der Waals surface area contributed by atoms with Crippen LogP contribution in [0.15, 0.2) is 12.1 Å². The standard InChI is InChI=1S/C6H3ClO6S/c7-5-3(8)1-2-4-6(5)12-14(9,10)13-11-4/h1-2,8H. The Morgan fingerprint density at radius 3 is 2.79 bits per heavy atom. The molecule has 0 spiro atoms. The Morgan fingerprint density at radius 1 is 1.36 bits per heavy atom. The molecule has 0 amide bonds. The van der Waals surface area contributed by atoms with Crippen molar-refractivity contribution in [3.8, 4) is 17.2 Å². The number of phenolic OH excluding ortho intramolecular Hbond substituents is 1. The molecule has 0 unspecified atom stereocenters. The smallest absolute Gasteiger partial charge is 0.485 e. The molecule has 0 fully saturated rings. The largest absolute Gasteiger partial charge is 0.506 e. The van der Waals surface area contributed by atoms with Gasteiger partial charge in [-0.05, 0) is 16.5 Å². The van der Waals surface area contributed by atoms with E-state index in [-0.39, 0.29) is 22.3 Å². The van der Waals surface area contributed by atoms with Crippen LogP contribution < -0.4 is 9.07 Å². The quantitative estimate of drug-likeness (QED) is 0.679. The Kier molecular flexibility index (Phi) is 1.95. The van der Waals surface area contributed by atoms with Gasteiger partial charge in [0.25, 0.3) is 0 Å². The fourth-order valence-electron chi connectivity index (χ4n) is 0.865. The van der Waals surface area contributed by atoms with Crippen molar-refractivity contribution in [1.29, 1.82) is 0 Å². The van der Waals surface area contributed by atoms with Gasteiger partial charge in [0, 0.05) is 0 Å². The van der Waals surface area contributed by atoms with Crippen molar-refractivity contribution in [3.63, 3.8) is 0 Å². The van der Waals surface area contributed by atoms with Crippen molar-refractivity contribution in [2.45, 2.75) is 0 Å². The summed E-state index contributed by atoms with van der Waals surface area (Å²) < 4.78 is 29.8. The second kappa shape index (κ2) is 2.91. The molecule has 6 nitrogen and oxygen atoms in total. The zero-order valence-corrected chi connectivity index (χ0v) is 8.00. The van der Waals surface area contributed by atoms with Crippen LogP contribution >= 0.6 is 11.6 Å². The van der Waals surface area contributed by atoms with E-state index in [4.69, 9.17) is 16.7 Å². The Balaban J connectivity index is 2.60. The van der Waals surface area contributed by atoms with Crippen LogP contribution in [0.2, 0.25) is 5.02 Å². The highest BCUT2D eigenvalue weighted by atomic mass is 35.5. The number of hydrogen-bond donors (Lipinski definition) is 1. The number of halogens is 1. The third kappa shape index (κ3) is 1.45. The molecule has 14 heavy (non-hydrogen) atoms. The number of fused-ring (bicyclic) bond motifs is 1. The van der Waals surface area contributed by atoms with Gasteiger partial charge in [-0.1, -0.05) is 11.6 Å². The Bertz CT molecular complexity index is 481. The zero-order chi connectivity index (χ0) is 10.3. The van der Waals surface area contributed by atoms with E-state index in [9.17, 15) is 8.42 Å². The molecule has 0 bridgehead atoms. The van der Waals surface area contributed by atoms with Gasteiger partial charge in [-0.25, -0.2) is 0 Å². The molecule has 76 valence electrons. The van der Waals surface area contributed by atoms with Crippen LogP contribution in [0.4, 0.5) is 0 Å². The van der Waals surface area contributed by atoms with Crippen LogP contribution in [-0.4, -0.2) is 13.5 Å². The van der Waals surface area contributed by atoms with Crippen molar-refractivity contribution >= 4 is 22.0 Å². The van der Waals surface area contributed by atoms with E-state index in [1.165, 1.54) is 12.1 Å². The first kappa shape index (κ1) is 9.38. The summed E-state index contributed by atoms with van der Waals surface area (Å²) in [5.74, 6) is -0.633. The van der Waals surface area contributed by atoms with Gasteiger partial charge in [-0.2, -0.15) is 8.42 Å². The summed E-state index contributed by atoms with van der Waals surface area (Å²) in [6.07, 6.45) is 0. The summed E-state index contributed by atoms with van der Waals surface area (Å²) in [6, 6.07) is 2.47. The fourth-order valence-corrected chi connectivity index (χ4v) is 1.66. The first-order valence-electron chi connectivity index (χ1n) is 3.31. The minimum Gasteiger partial charge on any atom is -0.506 e. The van der Waals surface area contributed by atoms with E-state index in [1.807, 2.05) is 0 Å². The summed E-state index contributed by atoms with van der Waals surface area (Å²) in [5.41, 5.74) is 0. The molecular formula is C6H3ClO6S. The Hall–Kier alpha value is -1.18. The lowest BCUT2D eigenvalue weighted by atomic mass is 10.3. The number of benzene rings is 1. The molecule has 0 aromatic heterocycles. The molecule has 1 aromatic carbocycles. The van der Waals surface area contributed by atoms with Gasteiger partial charge in [0.05, 0.1) is 0 Å². The summed E-state index contributed by atoms with van der Waals surface area (Å²) in [4.78, 5) is 4.37. The van der Waals surface area contributed by atoms with Crippen molar-refractivity contribution in [2.75, 3.05) is 0 Å². The van der Waals surface area contributed by atoms with Gasteiger partial charge in [-0.3, -0.25) is 0 Å². The van der Waals surface area contributed by atoms with Gasteiger partial charge in [0.2, 0.25) is 11.5 Å². The third-order valence-corrected chi connectivity index (χ3v) is 2.40. The molecule has 1 heterocycles. The highest BCUT2D eigenvalue weighted by molar-refractivity contribution is 7.82. The van der Waals surface area contributed by atoms with E-state index >= 15 is 0 Å². The average molecular weight is 239 g/mol. The lowest BCUT2D eigenvalue weighted by molar-refractivity contribution is -0.112. The molecule has 0 saturated carbocycles. The van der Waals surface area contributed by atoms with Crippen LogP contribution in [0, 0.1) is 0 Å². The SMILES string of the molecule is O=S1(=O)OOc2ccc(O)c(Cl)c2O1. The van der Waals surface area contributed by atoms with Gasteiger partial charge < -0.3 is 14.2 Å². The van der Waals surface area contributed by atoms with Crippen LogP contribution in [0.5, 0.6) is 17.2 Å². The maximum Gasteiger partial charge on any atom is 0.485 e. The van der Waals surface area contributed by atoms with Crippen LogP contribution in [0.1, 0.15) is 0 Å². The van der Waals surface area contributed by atoms with E-state index < -0.39 is 10.4 Å². The highest BCUT2D eigenvalue weighted by Gasteiger charge is 2.29. The summed E-state index contributed by atoms with van der Waals surface area (Å²) in [7, 11) is -4.25. The molecule has 0 radical (unpaired) electrons. The van der Waals surface area contributed by atoms with Crippen molar-refractivity contribution in [3.05, 3.63) is 17.2 Å². The fraction of sp³-hybridized carbons (Fsp3) is 0. The topological polar surface area (TPSA) is 82.1 Å². The molecule has 1 aliphatic heterocycles. The van der Waals surface area contributed by atoms with Crippen LogP contribution in [-0.2, 0) is 14.7 Å². The van der Waals surface area contributed by atoms with E-state index in [2.05, 4.69) is 13.4 Å². The monoisotopic (exact) mass is 238 g/mol. The number of aromatic hydroxyl groups is 1. The number of hydrogen-bond acceptors (Lipinski definition) is 6. The van der Waals surface area contributed by atoms with Crippen molar-refractivity contribution in [1.82, 2.24) is 0 Å². The predicted octanol–water partition coefficient (Wildman–Crippen LogP) is 0.993. The van der Waals surface area contributed by atoms with E-state index in [0.717, 1.165) is 0 Å².